The van der Waals surface area contributed by atoms with Crippen LogP contribution < -0.4 is 4.90 Å². The molecule has 0 bridgehead atoms. The van der Waals surface area contributed by atoms with E-state index in [0.717, 1.165) is 18.7 Å². The lowest BCUT2D eigenvalue weighted by Crippen LogP contribution is -2.30. The lowest BCUT2D eigenvalue weighted by atomic mass is 9.97. The van der Waals surface area contributed by atoms with E-state index in [9.17, 15) is 0 Å². The molecule has 1 saturated heterocycles. The van der Waals surface area contributed by atoms with E-state index in [0.29, 0.717) is 5.92 Å². The Morgan fingerprint density at radius 1 is 1.18 bits per heavy atom. The number of anilines is 1. The standard InChI is InChI=1S/C15H20N2/c1-12(2)14-10-13(11-16)6-7-15(14)17-8-4-3-5-9-17/h6-7,10,12H,3-5,8-9H2,1-2H3. The van der Waals surface area contributed by atoms with Gasteiger partial charge in [-0.1, -0.05) is 13.8 Å². The third-order valence-corrected chi connectivity index (χ3v) is 3.48. The molecular weight excluding hydrogens is 208 g/mol. The fraction of sp³-hybridized carbons (Fsp3) is 0.533. The SMILES string of the molecule is CC(C)c1cc(C#N)ccc1N1CCCCC1. The van der Waals surface area contributed by atoms with Crippen molar-refractivity contribution in [1.29, 1.82) is 5.26 Å². The molecule has 17 heavy (non-hydrogen) atoms. The minimum absolute atomic E-state index is 0.472. The number of nitrogens with zero attached hydrogens (tertiary/aromatic N) is 2. The number of piperidine rings is 1. The molecule has 0 atom stereocenters. The summed E-state index contributed by atoms with van der Waals surface area (Å²) < 4.78 is 0. The zero-order valence-corrected chi connectivity index (χ0v) is 10.7. The summed E-state index contributed by atoms with van der Waals surface area (Å²) in [6.45, 7) is 6.71. The molecule has 1 aromatic carbocycles. The third kappa shape index (κ3) is 2.61. The summed E-state index contributed by atoms with van der Waals surface area (Å²) >= 11 is 0. The van der Waals surface area contributed by atoms with E-state index in [1.54, 1.807) is 0 Å². The molecule has 2 rings (SSSR count). The van der Waals surface area contributed by atoms with Crippen LogP contribution in [0.1, 0.15) is 50.2 Å². The average molecular weight is 228 g/mol. The lowest BCUT2D eigenvalue weighted by Gasteiger charge is -2.31. The molecule has 1 aliphatic heterocycles. The summed E-state index contributed by atoms with van der Waals surface area (Å²) in [4.78, 5) is 2.47. The van der Waals surface area contributed by atoms with Crippen molar-refractivity contribution in [3.05, 3.63) is 29.3 Å². The molecule has 1 aliphatic rings. The molecule has 90 valence electrons. The first kappa shape index (κ1) is 12.0. The molecular formula is C15H20N2. The topological polar surface area (TPSA) is 27.0 Å². The molecule has 2 nitrogen and oxygen atoms in total. The van der Waals surface area contributed by atoms with Gasteiger partial charge < -0.3 is 4.90 Å². The molecule has 1 fully saturated rings. The van der Waals surface area contributed by atoms with Gasteiger partial charge in [0.2, 0.25) is 0 Å². The first-order chi connectivity index (χ1) is 8.22. The van der Waals surface area contributed by atoms with Crippen LogP contribution in [0.25, 0.3) is 0 Å². The summed E-state index contributed by atoms with van der Waals surface area (Å²) in [7, 11) is 0. The molecule has 0 radical (unpaired) electrons. The third-order valence-electron chi connectivity index (χ3n) is 3.48. The van der Waals surface area contributed by atoms with Crippen molar-refractivity contribution in [1.82, 2.24) is 0 Å². The summed E-state index contributed by atoms with van der Waals surface area (Å²) in [6.07, 6.45) is 3.93. The van der Waals surface area contributed by atoms with Crippen LogP contribution in [0, 0.1) is 11.3 Å². The fourth-order valence-electron chi connectivity index (χ4n) is 2.51. The quantitative estimate of drug-likeness (QED) is 0.772. The monoisotopic (exact) mass is 228 g/mol. The summed E-state index contributed by atoms with van der Waals surface area (Å²) in [5.74, 6) is 0.472. The van der Waals surface area contributed by atoms with Crippen LogP contribution in [-0.2, 0) is 0 Å². The Morgan fingerprint density at radius 2 is 1.88 bits per heavy atom. The minimum atomic E-state index is 0.472. The van der Waals surface area contributed by atoms with Gasteiger partial charge >= 0.3 is 0 Å². The van der Waals surface area contributed by atoms with Gasteiger partial charge in [-0.2, -0.15) is 5.26 Å². The van der Waals surface area contributed by atoms with Gasteiger partial charge in [-0.3, -0.25) is 0 Å². The summed E-state index contributed by atoms with van der Waals surface area (Å²) in [6, 6.07) is 8.35. The molecule has 2 heteroatoms. The second-order valence-corrected chi connectivity index (χ2v) is 5.09. The van der Waals surface area contributed by atoms with E-state index in [1.807, 2.05) is 6.07 Å². The number of nitriles is 1. The van der Waals surface area contributed by atoms with Crippen molar-refractivity contribution in [2.24, 2.45) is 0 Å². The van der Waals surface area contributed by atoms with E-state index >= 15 is 0 Å². The maximum absolute atomic E-state index is 8.98. The van der Waals surface area contributed by atoms with Gasteiger partial charge in [0.05, 0.1) is 11.6 Å². The van der Waals surface area contributed by atoms with Gasteiger partial charge in [0.25, 0.3) is 0 Å². The van der Waals surface area contributed by atoms with Crippen LogP contribution in [0.4, 0.5) is 5.69 Å². The highest BCUT2D eigenvalue weighted by atomic mass is 15.1. The van der Waals surface area contributed by atoms with Crippen LogP contribution in [0.3, 0.4) is 0 Å². The van der Waals surface area contributed by atoms with Gasteiger partial charge in [0.1, 0.15) is 0 Å². The van der Waals surface area contributed by atoms with E-state index < -0.39 is 0 Å². The predicted molar refractivity (Wildman–Crippen MR) is 71.3 cm³/mol. The van der Waals surface area contributed by atoms with Crippen molar-refractivity contribution in [2.75, 3.05) is 18.0 Å². The van der Waals surface area contributed by atoms with E-state index in [1.165, 1.54) is 30.5 Å². The molecule has 1 aromatic rings. The van der Waals surface area contributed by atoms with Crippen molar-refractivity contribution in [3.63, 3.8) is 0 Å². The van der Waals surface area contributed by atoms with Crippen molar-refractivity contribution < 1.29 is 0 Å². The lowest BCUT2D eigenvalue weighted by molar-refractivity contribution is 0.575. The highest BCUT2D eigenvalue weighted by Gasteiger charge is 2.16. The van der Waals surface area contributed by atoms with Crippen LogP contribution in [-0.4, -0.2) is 13.1 Å². The highest BCUT2D eigenvalue weighted by molar-refractivity contribution is 5.58. The van der Waals surface area contributed by atoms with Crippen molar-refractivity contribution >= 4 is 5.69 Å². The normalized spacial score (nSPS) is 16.0. The van der Waals surface area contributed by atoms with E-state index in [4.69, 9.17) is 5.26 Å². The molecule has 0 unspecified atom stereocenters. The number of benzene rings is 1. The smallest absolute Gasteiger partial charge is 0.0991 e. The first-order valence-corrected chi connectivity index (χ1v) is 6.51. The number of hydrogen-bond donors (Lipinski definition) is 0. The Balaban J connectivity index is 2.35. The molecule has 0 aliphatic carbocycles. The molecule has 0 N–H and O–H groups in total. The second-order valence-electron chi connectivity index (χ2n) is 5.09. The summed E-state index contributed by atoms with van der Waals surface area (Å²) in [5, 5.41) is 8.98. The Bertz CT molecular complexity index is 423. The molecule has 0 spiro atoms. The average Bonchev–Trinajstić information content (AvgIpc) is 2.39. The first-order valence-electron chi connectivity index (χ1n) is 6.51. The van der Waals surface area contributed by atoms with Gasteiger partial charge in [0, 0.05) is 18.8 Å². The Hall–Kier alpha value is -1.49. The Morgan fingerprint density at radius 3 is 2.47 bits per heavy atom. The largest absolute Gasteiger partial charge is 0.371 e. The molecule has 1 heterocycles. The van der Waals surface area contributed by atoms with Crippen LogP contribution >= 0.6 is 0 Å². The number of rotatable bonds is 2. The maximum atomic E-state index is 8.98. The highest BCUT2D eigenvalue weighted by Crippen LogP contribution is 2.30. The molecule has 0 saturated carbocycles. The van der Waals surface area contributed by atoms with Crippen molar-refractivity contribution in [3.8, 4) is 6.07 Å². The molecule has 0 aromatic heterocycles. The van der Waals surface area contributed by atoms with Gasteiger partial charge in [-0.15, -0.1) is 0 Å². The Labute approximate surface area is 104 Å². The van der Waals surface area contributed by atoms with Crippen LogP contribution in [0.5, 0.6) is 0 Å². The fourth-order valence-corrected chi connectivity index (χ4v) is 2.51. The van der Waals surface area contributed by atoms with E-state index in [-0.39, 0.29) is 0 Å². The van der Waals surface area contributed by atoms with Gasteiger partial charge in [0.15, 0.2) is 0 Å². The number of hydrogen-bond acceptors (Lipinski definition) is 2. The maximum Gasteiger partial charge on any atom is 0.0991 e. The summed E-state index contributed by atoms with van der Waals surface area (Å²) in [5.41, 5.74) is 3.42. The molecule has 0 amide bonds. The van der Waals surface area contributed by atoms with Gasteiger partial charge in [-0.25, -0.2) is 0 Å². The van der Waals surface area contributed by atoms with E-state index in [2.05, 4.69) is 36.9 Å². The minimum Gasteiger partial charge on any atom is -0.371 e. The zero-order valence-electron chi connectivity index (χ0n) is 10.7. The second kappa shape index (κ2) is 5.23. The van der Waals surface area contributed by atoms with Gasteiger partial charge in [-0.05, 0) is 48.9 Å². The predicted octanol–water partition coefficient (Wildman–Crippen LogP) is 3.67. The van der Waals surface area contributed by atoms with Crippen LogP contribution in [0.2, 0.25) is 0 Å². The zero-order chi connectivity index (χ0) is 12.3. The Kier molecular flexibility index (Phi) is 3.68. The van der Waals surface area contributed by atoms with Crippen LogP contribution in [0.15, 0.2) is 18.2 Å². The van der Waals surface area contributed by atoms with Crippen molar-refractivity contribution in [2.45, 2.75) is 39.0 Å².